The number of carbonyl (C=O) groups is 1. The number of thiophene rings is 1. The van der Waals surface area contributed by atoms with Crippen LogP contribution in [0.15, 0.2) is 72.9 Å². The molecule has 0 spiro atoms. The van der Waals surface area contributed by atoms with E-state index in [0.717, 1.165) is 22.4 Å². The fourth-order valence-corrected chi connectivity index (χ4v) is 4.54. The first kappa shape index (κ1) is 24.7. The number of nitrogens with one attached hydrogen (secondary N) is 1. The van der Waals surface area contributed by atoms with Gasteiger partial charge in [0, 0.05) is 29.0 Å². The molecule has 7 nitrogen and oxygen atoms in total. The SMILES string of the molecule is CC(C)(Cc1ccc(Oc2ccc(C(N)=O)cn2)cc1)NC[C@@H](O)COc1cc2ccccc2s1. The second kappa shape index (κ2) is 10.9. The fraction of sp³-hybridized carbons (Fsp3) is 0.259. The molecule has 0 aliphatic carbocycles. The van der Waals surface area contributed by atoms with Crippen LogP contribution in [0.5, 0.6) is 16.7 Å². The van der Waals surface area contributed by atoms with E-state index in [2.05, 4.69) is 36.3 Å². The number of benzene rings is 2. The van der Waals surface area contributed by atoms with Gasteiger partial charge in [0.05, 0.1) is 5.56 Å². The summed E-state index contributed by atoms with van der Waals surface area (Å²) in [6.07, 6.45) is 1.54. The lowest BCUT2D eigenvalue weighted by atomic mass is 9.94. The molecule has 0 radical (unpaired) electrons. The predicted octanol–water partition coefficient (Wildman–Crippen LogP) is 4.54. The highest BCUT2D eigenvalue weighted by Gasteiger charge is 2.20. The topological polar surface area (TPSA) is 107 Å². The molecule has 2 aromatic heterocycles. The number of hydrogen-bond acceptors (Lipinski definition) is 7. The quantitative estimate of drug-likeness (QED) is 0.284. The highest BCUT2D eigenvalue weighted by Crippen LogP contribution is 2.31. The summed E-state index contributed by atoms with van der Waals surface area (Å²) in [5.74, 6) is 0.505. The van der Waals surface area contributed by atoms with Crippen LogP contribution in [0.25, 0.3) is 10.1 Å². The van der Waals surface area contributed by atoms with Gasteiger partial charge in [-0.25, -0.2) is 4.98 Å². The number of ether oxygens (including phenoxy) is 2. The number of nitrogens with two attached hydrogens (primary N) is 1. The highest BCUT2D eigenvalue weighted by atomic mass is 32.1. The number of β-amino-alcohol motifs (C(OH)–C–C–N with tert-alkyl or cyclic N) is 1. The van der Waals surface area contributed by atoms with Crippen LogP contribution in [0.3, 0.4) is 0 Å². The van der Waals surface area contributed by atoms with Crippen molar-refractivity contribution in [1.29, 1.82) is 0 Å². The standard InChI is InChI=1S/C27H29N3O4S/c1-27(2,30-16-21(31)17-33-25-13-19-5-3-4-6-23(19)35-25)14-18-7-10-22(11-8-18)34-24-12-9-20(15-29-24)26(28)32/h3-13,15,21,30-31H,14,16-17H2,1-2H3,(H2,28,32)/t21-/m1/s1. The first-order valence-electron chi connectivity index (χ1n) is 11.3. The van der Waals surface area contributed by atoms with E-state index in [-0.39, 0.29) is 12.1 Å². The van der Waals surface area contributed by atoms with E-state index in [9.17, 15) is 9.90 Å². The van der Waals surface area contributed by atoms with Crippen LogP contribution in [-0.4, -0.2) is 40.8 Å². The van der Waals surface area contributed by atoms with Crippen molar-refractivity contribution >= 4 is 27.3 Å². The molecule has 35 heavy (non-hydrogen) atoms. The molecule has 0 aliphatic rings. The van der Waals surface area contributed by atoms with Crippen LogP contribution in [0.4, 0.5) is 0 Å². The molecule has 0 bridgehead atoms. The molecule has 4 rings (SSSR count). The maximum absolute atomic E-state index is 11.1. The van der Waals surface area contributed by atoms with Crippen molar-refractivity contribution in [1.82, 2.24) is 10.3 Å². The van der Waals surface area contributed by atoms with Crippen molar-refractivity contribution in [2.75, 3.05) is 13.2 Å². The number of amides is 1. The summed E-state index contributed by atoms with van der Waals surface area (Å²) in [6.45, 7) is 4.85. The van der Waals surface area contributed by atoms with E-state index in [1.807, 2.05) is 42.5 Å². The smallest absolute Gasteiger partial charge is 0.250 e. The van der Waals surface area contributed by atoms with Gasteiger partial charge in [-0.3, -0.25) is 4.79 Å². The van der Waals surface area contributed by atoms with Gasteiger partial charge in [0.1, 0.15) is 18.5 Å². The minimum atomic E-state index is -0.622. The zero-order chi connectivity index (χ0) is 24.8. The van der Waals surface area contributed by atoms with Crippen molar-refractivity contribution in [2.45, 2.75) is 31.9 Å². The summed E-state index contributed by atoms with van der Waals surface area (Å²) in [7, 11) is 0. The van der Waals surface area contributed by atoms with Crippen molar-refractivity contribution in [3.8, 4) is 16.7 Å². The number of carbonyl (C=O) groups excluding carboxylic acids is 1. The Morgan fingerprint density at radius 2 is 1.91 bits per heavy atom. The van der Waals surface area contributed by atoms with Gasteiger partial charge < -0.3 is 25.6 Å². The van der Waals surface area contributed by atoms with Gasteiger partial charge in [-0.15, -0.1) is 0 Å². The Bertz CT molecular complexity index is 1240. The number of aliphatic hydroxyl groups excluding tert-OH is 1. The maximum Gasteiger partial charge on any atom is 0.250 e. The molecule has 0 saturated carbocycles. The Morgan fingerprint density at radius 1 is 1.14 bits per heavy atom. The Balaban J connectivity index is 1.23. The minimum absolute atomic E-state index is 0.229. The Kier molecular flexibility index (Phi) is 7.65. The number of pyridine rings is 1. The van der Waals surface area contributed by atoms with Crippen LogP contribution < -0.4 is 20.5 Å². The molecule has 4 N–H and O–H groups in total. The van der Waals surface area contributed by atoms with Gasteiger partial charge in [0.2, 0.25) is 11.8 Å². The number of aromatic nitrogens is 1. The molecular weight excluding hydrogens is 462 g/mol. The summed E-state index contributed by atoms with van der Waals surface area (Å²) in [6, 6.07) is 21.1. The van der Waals surface area contributed by atoms with Crippen LogP contribution in [0, 0.1) is 0 Å². The van der Waals surface area contributed by atoms with Gasteiger partial charge in [0.15, 0.2) is 5.06 Å². The average Bonchev–Trinajstić information content (AvgIpc) is 3.26. The largest absolute Gasteiger partial charge is 0.481 e. The number of aliphatic hydroxyl groups is 1. The van der Waals surface area contributed by atoms with Crippen LogP contribution >= 0.6 is 11.3 Å². The summed E-state index contributed by atoms with van der Waals surface area (Å²) >= 11 is 1.58. The van der Waals surface area contributed by atoms with Crippen LogP contribution in [0.1, 0.15) is 29.8 Å². The third-order valence-corrected chi connectivity index (χ3v) is 6.48. The average molecular weight is 492 g/mol. The van der Waals surface area contributed by atoms with Crippen molar-refractivity contribution < 1.29 is 19.4 Å². The zero-order valence-electron chi connectivity index (χ0n) is 19.7. The fourth-order valence-electron chi connectivity index (χ4n) is 3.62. The molecule has 182 valence electrons. The lowest BCUT2D eigenvalue weighted by Crippen LogP contribution is -2.46. The second-order valence-electron chi connectivity index (χ2n) is 9.01. The predicted molar refractivity (Wildman–Crippen MR) is 138 cm³/mol. The number of nitrogens with zero attached hydrogens (tertiary/aromatic N) is 1. The van der Waals surface area contributed by atoms with E-state index < -0.39 is 12.0 Å². The Labute approximate surface area is 208 Å². The normalized spacial score (nSPS) is 12.4. The summed E-state index contributed by atoms with van der Waals surface area (Å²) in [5.41, 5.74) is 6.46. The lowest BCUT2D eigenvalue weighted by Gasteiger charge is -2.28. The van der Waals surface area contributed by atoms with E-state index in [4.69, 9.17) is 15.2 Å². The third-order valence-electron chi connectivity index (χ3n) is 5.45. The molecule has 0 fully saturated rings. The maximum atomic E-state index is 11.1. The minimum Gasteiger partial charge on any atom is -0.481 e. The molecule has 0 aliphatic heterocycles. The number of fused-ring (bicyclic) bond motifs is 1. The number of rotatable bonds is 11. The Morgan fingerprint density at radius 3 is 2.60 bits per heavy atom. The van der Waals surface area contributed by atoms with Crippen molar-refractivity contribution in [3.05, 3.63) is 84.1 Å². The zero-order valence-corrected chi connectivity index (χ0v) is 20.5. The second-order valence-corrected chi connectivity index (χ2v) is 10.1. The molecule has 2 heterocycles. The van der Waals surface area contributed by atoms with Gasteiger partial charge in [-0.1, -0.05) is 41.7 Å². The Hall–Kier alpha value is -3.46. The first-order chi connectivity index (χ1) is 16.8. The molecule has 8 heteroatoms. The molecule has 0 saturated heterocycles. The van der Waals surface area contributed by atoms with E-state index in [1.54, 1.807) is 23.5 Å². The molecule has 0 unspecified atom stereocenters. The van der Waals surface area contributed by atoms with Crippen LogP contribution in [0.2, 0.25) is 0 Å². The summed E-state index contributed by atoms with van der Waals surface area (Å²) < 4.78 is 12.7. The van der Waals surface area contributed by atoms with Gasteiger partial charge in [0.25, 0.3) is 0 Å². The summed E-state index contributed by atoms with van der Waals surface area (Å²) in [5, 5.41) is 15.8. The van der Waals surface area contributed by atoms with Crippen LogP contribution in [-0.2, 0) is 6.42 Å². The van der Waals surface area contributed by atoms with E-state index >= 15 is 0 Å². The van der Waals surface area contributed by atoms with Gasteiger partial charge in [-0.05, 0) is 61.5 Å². The lowest BCUT2D eigenvalue weighted by molar-refractivity contribution is 0.0999. The summed E-state index contributed by atoms with van der Waals surface area (Å²) in [4.78, 5) is 15.2. The van der Waals surface area contributed by atoms with Gasteiger partial charge in [-0.2, -0.15) is 0 Å². The first-order valence-corrected chi connectivity index (χ1v) is 12.2. The van der Waals surface area contributed by atoms with Crippen molar-refractivity contribution in [3.63, 3.8) is 0 Å². The molecular formula is C27H29N3O4S. The molecule has 1 atom stereocenters. The molecule has 2 aromatic carbocycles. The van der Waals surface area contributed by atoms with E-state index in [1.165, 1.54) is 10.9 Å². The monoisotopic (exact) mass is 491 g/mol. The third kappa shape index (κ3) is 7.02. The number of primary amides is 1. The highest BCUT2D eigenvalue weighted by molar-refractivity contribution is 7.20. The molecule has 4 aromatic rings. The van der Waals surface area contributed by atoms with E-state index in [0.29, 0.717) is 23.7 Å². The number of hydrogen-bond donors (Lipinski definition) is 3. The molecule has 1 amide bonds. The van der Waals surface area contributed by atoms with Crippen molar-refractivity contribution in [2.24, 2.45) is 5.73 Å². The van der Waals surface area contributed by atoms with Gasteiger partial charge >= 0.3 is 0 Å².